The Morgan fingerprint density at radius 3 is 2.90 bits per heavy atom. The van der Waals surface area contributed by atoms with E-state index >= 15 is 0 Å². The number of hydrogen-bond acceptors (Lipinski definition) is 7. The van der Waals surface area contributed by atoms with E-state index in [-0.39, 0.29) is 29.8 Å². The van der Waals surface area contributed by atoms with Crippen LogP contribution < -0.4 is 10.6 Å². The molecule has 0 saturated heterocycles. The van der Waals surface area contributed by atoms with E-state index in [2.05, 4.69) is 17.6 Å². The summed E-state index contributed by atoms with van der Waals surface area (Å²) in [7, 11) is 1.85. The van der Waals surface area contributed by atoms with Crippen LogP contribution in [0.15, 0.2) is 22.8 Å². The molecule has 1 amide bonds. The lowest BCUT2D eigenvalue weighted by molar-refractivity contribution is -0.144. The summed E-state index contributed by atoms with van der Waals surface area (Å²) in [5, 5.41) is 28.0. The second-order valence-corrected chi connectivity index (χ2v) is 10.3. The van der Waals surface area contributed by atoms with Gasteiger partial charge in [0.2, 0.25) is 5.91 Å². The fourth-order valence-electron chi connectivity index (χ4n) is 5.61. The molecule has 1 fully saturated rings. The van der Waals surface area contributed by atoms with Crippen LogP contribution in [0.5, 0.6) is 0 Å². The lowest BCUT2D eigenvalue weighted by Gasteiger charge is -2.58. The fraction of sp³-hybridized carbons (Fsp3) is 0.636. The number of thiazole rings is 1. The lowest BCUT2D eigenvalue weighted by atomic mass is 9.47. The zero-order valence-corrected chi connectivity index (χ0v) is 18.6. The molecule has 2 aliphatic carbocycles. The smallest absolute Gasteiger partial charge is 0.221 e. The molecule has 2 aromatic rings. The molecular weight excluding hydrogens is 402 g/mol. The molecule has 5 unspecified atom stereocenters. The zero-order valence-electron chi connectivity index (χ0n) is 17.8. The minimum absolute atomic E-state index is 0.0416. The molecule has 1 saturated carbocycles. The van der Waals surface area contributed by atoms with Crippen LogP contribution in [0.4, 0.5) is 5.13 Å². The van der Waals surface area contributed by atoms with Crippen LogP contribution in [-0.2, 0) is 17.8 Å². The zero-order chi connectivity index (χ0) is 21.5. The van der Waals surface area contributed by atoms with Crippen molar-refractivity contribution in [3.63, 3.8) is 0 Å². The van der Waals surface area contributed by atoms with Gasteiger partial charge in [-0.25, -0.2) is 4.98 Å². The molecule has 0 spiro atoms. The SMILES string of the molecule is CNc1nc2c(s1)CC1C(C)(CO)C(O)CCC1(C)C2CC(=O)NCc1ccco1. The maximum Gasteiger partial charge on any atom is 0.221 e. The maximum atomic E-state index is 12.9. The predicted molar refractivity (Wildman–Crippen MR) is 115 cm³/mol. The molecule has 5 atom stereocenters. The summed E-state index contributed by atoms with van der Waals surface area (Å²) in [6.07, 6.45) is 3.56. The average Bonchev–Trinajstić information content (AvgIpc) is 3.40. The number of hydrogen-bond donors (Lipinski definition) is 4. The molecule has 0 aromatic carbocycles. The Labute approximate surface area is 180 Å². The Bertz CT molecular complexity index is 898. The molecule has 7 nitrogen and oxygen atoms in total. The molecule has 164 valence electrons. The number of rotatable bonds is 6. The molecule has 4 rings (SSSR count). The summed E-state index contributed by atoms with van der Waals surface area (Å²) in [6, 6.07) is 3.64. The Morgan fingerprint density at radius 1 is 1.43 bits per heavy atom. The van der Waals surface area contributed by atoms with Crippen LogP contribution in [0, 0.1) is 16.7 Å². The van der Waals surface area contributed by atoms with E-state index in [9.17, 15) is 15.0 Å². The van der Waals surface area contributed by atoms with Gasteiger partial charge in [-0.15, -0.1) is 11.3 Å². The first-order chi connectivity index (χ1) is 14.3. The standard InChI is InChI=1S/C22H31N3O4S/c1-21-7-6-17(27)22(2,12-26)16(21)10-15-19(25-20(23-3)30-15)14(21)9-18(28)24-11-13-5-4-8-29-13/h4-5,8,14,16-17,26-27H,6-7,9-12H2,1-3H3,(H,23,25)(H,24,28). The number of anilines is 1. The van der Waals surface area contributed by atoms with Crippen LogP contribution in [0.25, 0.3) is 0 Å². The minimum atomic E-state index is -0.600. The highest BCUT2D eigenvalue weighted by Gasteiger charge is 2.59. The molecule has 30 heavy (non-hydrogen) atoms. The van der Waals surface area contributed by atoms with Crippen LogP contribution in [0.1, 0.15) is 55.4 Å². The van der Waals surface area contributed by atoms with E-state index in [0.29, 0.717) is 19.4 Å². The van der Waals surface area contributed by atoms with Crippen molar-refractivity contribution < 1.29 is 19.4 Å². The Hall–Kier alpha value is -1.90. The van der Waals surface area contributed by atoms with E-state index in [1.807, 2.05) is 20.0 Å². The number of nitrogens with one attached hydrogen (secondary N) is 2. The monoisotopic (exact) mass is 433 g/mol. The van der Waals surface area contributed by atoms with Crippen molar-refractivity contribution in [3.05, 3.63) is 34.7 Å². The third kappa shape index (κ3) is 3.44. The first-order valence-corrected chi connectivity index (χ1v) is 11.4. The minimum Gasteiger partial charge on any atom is -0.467 e. The Balaban J connectivity index is 1.66. The summed E-state index contributed by atoms with van der Waals surface area (Å²) in [4.78, 5) is 18.9. The Morgan fingerprint density at radius 2 is 2.23 bits per heavy atom. The van der Waals surface area contributed by atoms with Crippen molar-refractivity contribution in [1.29, 1.82) is 0 Å². The summed E-state index contributed by atoms with van der Waals surface area (Å²) in [6.45, 7) is 4.48. The van der Waals surface area contributed by atoms with E-state index in [4.69, 9.17) is 9.40 Å². The van der Waals surface area contributed by atoms with E-state index < -0.39 is 11.5 Å². The predicted octanol–water partition coefficient (Wildman–Crippen LogP) is 2.90. The largest absolute Gasteiger partial charge is 0.467 e. The number of fused-ring (bicyclic) bond motifs is 2. The highest BCUT2D eigenvalue weighted by molar-refractivity contribution is 7.15. The molecule has 8 heteroatoms. The fourth-order valence-corrected chi connectivity index (χ4v) is 6.63. The first kappa shape index (κ1) is 21.3. The molecule has 2 aliphatic rings. The van der Waals surface area contributed by atoms with Crippen LogP contribution in [-0.4, -0.2) is 40.9 Å². The van der Waals surface area contributed by atoms with Gasteiger partial charge in [-0.3, -0.25) is 4.79 Å². The first-order valence-electron chi connectivity index (χ1n) is 10.6. The van der Waals surface area contributed by atoms with E-state index in [1.54, 1.807) is 23.7 Å². The molecule has 4 N–H and O–H groups in total. The van der Waals surface area contributed by atoms with Crippen LogP contribution in [0.3, 0.4) is 0 Å². The quantitative estimate of drug-likeness (QED) is 0.558. The topological polar surface area (TPSA) is 108 Å². The van der Waals surface area contributed by atoms with Crippen molar-refractivity contribution in [1.82, 2.24) is 10.3 Å². The normalized spacial score (nSPS) is 32.9. The third-order valence-corrected chi connectivity index (χ3v) is 8.65. The van der Waals surface area contributed by atoms with Gasteiger partial charge in [-0.05, 0) is 42.7 Å². The number of carbonyl (C=O) groups excluding carboxylic acids is 1. The van der Waals surface area contributed by atoms with Crippen LogP contribution >= 0.6 is 11.3 Å². The second kappa shape index (κ2) is 7.98. The number of aromatic nitrogens is 1. The summed E-state index contributed by atoms with van der Waals surface area (Å²) >= 11 is 1.61. The van der Waals surface area contributed by atoms with Crippen molar-refractivity contribution in [2.24, 2.45) is 16.7 Å². The molecular formula is C22H31N3O4S. The summed E-state index contributed by atoms with van der Waals surface area (Å²) < 4.78 is 5.32. The number of carbonyl (C=O) groups is 1. The van der Waals surface area contributed by atoms with Gasteiger partial charge in [-0.1, -0.05) is 13.8 Å². The molecule has 0 aliphatic heterocycles. The number of aliphatic hydroxyl groups excluding tert-OH is 2. The lowest BCUT2D eigenvalue weighted by Crippen LogP contribution is -2.57. The van der Waals surface area contributed by atoms with Gasteiger partial charge in [0, 0.05) is 29.7 Å². The van der Waals surface area contributed by atoms with Crippen molar-refractivity contribution in [2.45, 2.75) is 58.1 Å². The maximum absolute atomic E-state index is 12.9. The van der Waals surface area contributed by atoms with Gasteiger partial charge in [0.25, 0.3) is 0 Å². The van der Waals surface area contributed by atoms with E-state index in [1.165, 1.54) is 0 Å². The second-order valence-electron chi connectivity index (χ2n) is 9.17. The van der Waals surface area contributed by atoms with Gasteiger partial charge >= 0.3 is 0 Å². The number of nitrogens with zero attached hydrogens (tertiary/aromatic N) is 1. The molecule has 0 radical (unpaired) electrons. The van der Waals surface area contributed by atoms with Gasteiger partial charge in [-0.2, -0.15) is 0 Å². The van der Waals surface area contributed by atoms with Crippen molar-refractivity contribution in [2.75, 3.05) is 19.0 Å². The molecule has 0 bridgehead atoms. The van der Waals surface area contributed by atoms with Gasteiger partial charge in [0.15, 0.2) is 5.13 Å². The molecule has 2 aromatic heterocycles. The van der Waals surface area contributed by atoms with E-state index in [0.717, 1.165) is 34.3 Å². The third-order valence-electron chi connectivity index (χ3n) is 7.54. The van der Waals surface area contributed by atoms with Crippen LogP contribution in [0.2, 0.25) is 0 Å². The average molecular weight is 434 g/mol. The Kier molecular flexibility index (Phi) is 5.67. The van der Waals surface area contributed by atoms with Gasteiger partial charge in [0.05, 0.1) is 31.2 Å². The van der Waals surface area contributed by atoms with Crippen molar-refractivity contribution in [3.8, 4) is 0 Å². The highest BCUT2D eigenvalue weighted by atomic mass is 32.1. The molecule has 2 heterocycles. The number of furan rings is 1. The number of amides is 1. The van der Waals surface area contributed by atoms with Crippen molar-refractivity contribution >= 4 is 22.4 Å². The van der Waals surface area contributed by atoms with Gasteiger partial charge < -0.3 is 25.3 Å². The van der Waals surface area contributed by atoms with Gasteiger partial charge in [0.1, 0.15) is 5.76 Å². The summed E-state index contributed by atoms with van der Waals surface area (Å²) in [5.41, 5.74) is 0.162. The highest BCUT2D eigenvalue weighted by Crippen LogP contribution is 2.62. The summed E-state index contributed by atoms with van der Waals surface area (Å²) in [5.74, 6) is 0.676. The number of aliphatic hydroxyl groups is 2.